The standard InChI is InChI=1S/C27H44O5/c1-3-5-7-9-14-18-24(31-22-23-16-12-11-13-17-23)21-27(30)32-25(20-26(28)29)19-15-10-8-6-4-2/h11-13,16-17,24-25H,3-10,14-15,18-22H2,1-2H3,(H,28,29). The Bertz CT molecular complexity index is 601. The van der Waals surface area contributed by atoms with Crippen molar-refractivity contribution >= 4 is 11.9 Å². The minimum absolute atomic E-state index is 0.133. The molecule has 0 heterocycles. The van der Waals surface area contributed by atoms with Gasteiger partial charge in [0.15, 0.2) is 0 Å². The number of carbonyl (C=O) groups excluding carboxylic acids is 1. The van der Waals surface area contributed by atoms with E-state index >= 15 is 0 Å². The molecule has 0 aliphatic heterocycles. The molecular weight excluding hydrogens is 404 g/mol. The van der Waals surface area contributed by atoms with E-state index in [0.29, 0.717) is 13.0 Å². The first-order valence-electron chi connectivity index (χ1n) is 12.6. The Hall–Kier alpha value is -1.88. The fourth-order valence-electron chi connectivity index (χ4n) is 3.80. The third kappa shape index (κ3) is 15.0. The number of unbranched alkanes of at least 4 members (excludes halogenated alkanes) is 8. The van der Waals surface area contributed by atoms with Gasteiger partial charge in [0.2, 0.25) is 0 Å². The van der Waals surface area contributed by atoms with Gasteiger partial charge >= 0.3 is 11.9 Å². The lowest BCUT2D eigenvalue weighted by atomic mass is 10.0. The van der Waals surface area contributed by atoms with Crippen LogP contribution in [0.15, 0.2) is 30.3 Å². The van der Waals surface area contributed by atoms with Crippen LogP contribution in [0.25, 0.3) is 0 Å². The minimum atomic E-state index is -0.927. The van der Waals surface area contributed by atoms with E-state index < -0.39 is 12.1 Å². The molecule has 0 amide bonds. The van der Waals surface area contributed by atoms with Crippen molar-refractivity contribution in [1.82, 2.24) is 0 Å². The Morgan fingerprint density at radius 3 is 1.91 bits per heavy atom. The van der Waals surface area contributed by atoms with Crippen molar-refractivity contribution < 1.29 is 24.2 Å². The van der Waals surface area contributed by atoms with Crippen LogP contribution >= 0.6 is 0 Å². The quantitative estimate of drug-likeness (QED) is 0.171. The summed E-state index contributed by atoms with van der Waals surface area (Å²) >= 11 is 0. The van der Waals surface area contributed by atoms with Crippen LogP contribution < -0.4 is 0 Å². The summed E-state index contributed by atoms with van der Waals surface area (Å²) in [6.45, 7) is 4.82. The number of carboxylic acids is 1. The van der Waals surface area contributed by atoms with Gasteiger partial charge in [0, 0.05) is 0 Å². The zero-order valence-electron chi connectivity index (χ0n) is 20.2. The average molecular weight is 449 g/mol. The lowest BCUT2D eigenvalue weighted by Crippen LogP contribution is -2.25. The molecule has 0 radical (unpaired) electrons. The van der Waals surface area contributed by atoms with E-state index in [1.165, 1.54) is 25.7 Å². The van der Waals surface area contributed by atoms with Gasteiger partial charge in [-0.3, -0.25) is 9.59 Å². The molecule has 1 aromatic carbocycles. The van der Waals surface area contributed by atoms with Gasteiger partial charge in [-0.05, 0) is 24.8 Å². The molecule has 182 valence electrons. The van der Waals surface area contributed by atoms with E-state index in [1.54, 1.807) is 0 Å². The Morgan fingerprint density at radius 1 is 0.781 bits per heavy atom. The van der Waals surface area contributed by atoms with E-state index in [9.17, 15) is 14.7 Å². The number of carboxylic acid groups (broad SMARTS) is 1. The smallest absolute Gasteiger partial charge is 0.308 e. The summed E-state index contributed by atoms with van der Waals surface area (Å²) in [6.07, 6.45) is 11.9. The number of carbonyl (C=O) groups is 2. The van der Waals surface area contributed by atoms with E-state index in [4.69, 9.17) is 9.47 Å². The summed E-state index contributed by atoms with van der Waals surface area (Å²) in [5, 5.41) is 9.20. The second-order valence-corrected chi connectivity index (χ2v) is 8.74. The largest absolute Gasteiger partial charge is 0.481 e. The molecule has 1 aromatic rings. The van der Waals surface area contributed by atoms with E-state index in [2.05, 4.69) is 13.8 Å². The molecule has 0 aromatic heterocycles. The Balaban J connectivity index is 2.55. The summed E-state index contributed by atoms with van der Waals surface area (Å²) in [4.78, 5) is 23.9. The summed E-state index contributed by atoms with van der Waals surface area (Å²) in [7, 11) is 0. The van der Waals surface area contributed by atoms with Crippen molar-refractivity contribution in [3.05, 3.63) is 35.9 Å². The molecule has 2 atom stereocenters. The molecule has 0 spiro atoms. The maximum absolute atomic E-state index is 12.6. The highest BCUT2D eigenvalue weighted by Gasteiger charge is 2.21. The van der Waals surface area contributed by atoms with Crippen LogP contribution in [0, 0.1) is 0 Å². The van der Waals surface area contributed by atoms with Crippen molar-refractivity contribution in [2.75, 3.05) is 0 Å². The Morgan fingerprint density at radius 2 is 1.34 bits per heavy atom. The second-order valence-electron chi connectivity index (χ2n) is 8.74. The third-order valence-corrected chi connectivity index (χ3v) is 5.68. The molecule has 1 rings (SSSR count). The van der Waals surface area contributed by atoms with Crippen molar-refractivity contribution in [2.24, 2.45) is 0 Å². The summed E-state index contributed by atoms with van der Waals surface area (Å²) in [5.74, 6) is -1.28. The third-order valence-electron chi connectivity index (χ3n) is 5.68. The molecule has 2 unspecified atom stereocenters. The summed E-state index contributed by atoms with van der Waals surface area (Å²) < 4.78 is 11.7. The maximum atomic E-state index is 12.6. The molecule has 0 aliphatic carbocycles. The lowest BCUT2D eigenvalue weighted by Gasteiger charge is -2.20. The molecule has 0 saturated carbocycles. The van der Waals surface area contributed by atoms with Crippen molar-refractivity contribution in [1.29, 1.82) is 0 Å². The highest BCUT2D eigenvalue weighted by atomic mass is 16.5. The Kier molecular flexibility index (Phi) is 16.4. The molecule has 1 N–H and O–H groups in total. The van der Waals surface area contributed by atoms with Crippen LogP contribution in [0.3, 0.4) is 0 Å². The average Bonchev–Trinajstić information content (AvgIpc) is 2.77. The van der Waals surface area contributed by atoms with Gasteiger partial charge in [-0.25, -0.2) is 0 Å². The first-order chi connectivity index (χ1) is 15.5. The first kappa shape index (κ1) is 28.2. The van der Waals surface area contributed by atoms with Gasteiger partial charge in [-0.15, -0.1) is 0 Å². The van der Waals surface area contributed by atoms with Crippen LogP contribution in [0.5, 0.6) is 0 Å². The van der Waals surface area contributed by atoms with Crippen LogP contribution in [-0.2, 0) is 25.7 Å². The zero-order valence-corrected chi connectivity index (χ0v) is 20.2. The van der Waals surface area contributed by atoms with Crippen molar-refractivity contribution in [2.45, 2.75) is 123 Å². The van der Waals surface area contributed by atoms with Gasteiger partial charge < -0.3 is 14.6 Å². The summed E-state index contributed by atoms with van der Waals surface area (Å²) in [5.41, 5.74) is 1.08. The molecule has 5 heteroatoms. The fraction of sp³-hybridized carbons (Fsp3) is 0.704. The zero-order chi connectivity index (χ0) is 23.4. The van der Waals surface area contributed by atoms with Gasteiger partial charge in [0.25, 0.3) is 0 Å². The summed E-state index contributed by atoms with van der Waals surface area (Å²) in [6, 6.07) is 9.94. The minimum Gasteiger partial charge on any atom is -0.481 e. The van der Waals surface area contributed by atoms with E-state index in [1.807, 2.05) is 30.3 Å². The predicted molar refractivity (Wildman–Crippen MR) is 129 cm³/mol. The monoisotopic (exact) mass is 448 g/mol. The van der Waals surface area contributed by atoms with Crippen LogP contribution in [0.4, 0.5) is 0 Å². The molecule has 0 bridgehead atoms. The number of rotatable bonds is 20. The van der Waals surface area contributed by atoms with Crippen LogP contribution in [-0.4, -0.2) is 29.3 Å². The highest BCUT2D eigenvalue weighted by molar-refractivity contribution is 5.72. The van der Waals surface area contributed by atoms with Crippen LogP contribution in [0.1, 0.15) is 109 Å². The number of ether oxygens (including phenoxy) is 2. The molecular formula is C27H44O5. The number of hydrogen-bond acceptors (Lipinski definition) is 4. The van der Waals surface area contributed by atoms with Gasteiger partial charge in [-0.1, -0.05) is 102 Å². The molecule has 0 saturated heterocycles. The van der Waals surface area contributed by atoms with Gasteiger partial charge in [0.05, 0.1) is 25.6 Å². The number of aliphatic carboxylic acids is 1. The van der Waals surface area contributed by atoms with Crippen LogP contribution in [0.2, 0.25) is 0 Å². The van der Waals surface area contributed by atoms with Crippen molar-refractivity contribution in [3.63, 3.8) is 0 Å². The number of esters is 1. The molecule has 0 aliphatic rings. The lowest BCUT2D eigenvalue weighted by molar-refractivity contribution is -0.156. The van der Waals surface area contributed by atoms with E-state index in [-0.39, 0.29) is 24.9 Å². The second kappa shape index (κ2) is 18.7. The highest BCUT2D eigenvalue weighted by Crippen LogP contribution is 2.18. The van der Waals surface area contributed by atoms with Gasteiger partial charge in [-0.2, -0.15) is 0 Å². The maximum Gasteiger partial charge on any atom is 0.308 e. The van der Waals surface area contributed by atoms with Crippen molar-refractivity contribution in [3.8, 4) is 0 Å². The van der Waals surface area contributed by atoms with Gasteiger partial charge in [0.1, 0.15) is 6.10 Å². The van der Waals surface area contributed by atoms with E-state index in [0.717, 1.165) is 50.5 Å². The normalized spacial score (nSPS) is 12.9. The number of benzene rings is 1. The molecule has 0 fully saturated rings. The first-order valence-corrected chi connectivity index (χ1v) is 12.6. The fourth-order valence-corrected chi connectivity index (χ4v) is 3.80. The number of hydrogen-bond donors (Lipinski definition) is 1. The Labute approximate surface area is 194 Å². The SMILES string of the molecule is CCCCCCCC(CC(=O)OC(CCCCCCC)CC(=O)O)OCc1ccccc1. The molecule has 5 nitrogen and oxygen atoms in total. The molecule has 32 heavy (non-hydrogen) atoms. The predicted octanol–water partition coefficient (Wildman–Crippen LogP) is 7.07. The topological polar surface area (TPSA) is 72.8 Å².